The Morgan fingerprint density at radius 3 is 2.40 bits per heavy atom. The predicted molar refractivity (Wildman–Crippen MR) is 77.5 cm³/mol. The second kappa shape index (κ2) is 6.49. The van der Waals surface area contributed by atoms with Gasteiger partial charge < -0.3 is 5.32 Å². The van der Waals surface area contributed by atoms with Crippen molar-refractivity contribution in [1.29, 1.82) is 5.26 Å². The summed E-state index contributed by atoms with van der Waals surface area (Å²) >= 11 is 3.34. The predicted octanol–water partition coefficient (Wildman–Crippen LogP) is 5.06. The molecule has 0 fully saturated rings. The first kappa shape index (κ1) is 14.5. The maximum absolute atomic E-state index is 12.7. The van der Waals surface area contributed by atoms with E-state index in [-0.39, 0.29) is 5.56 Å². The van der Waals surface area contributed by atoms with Gasteiger partial charge in [0.25, 0.3) is 6.43 Å². The molecular formula is C15H11BrF2N2. The standard InChI is InChI=1S/C15H11BrF2N2/c16-12-5-2-6-13(8-12)20-14(9-19)10-3-1-4-11(7-10)15(17)18/h1-8,14-15,20H. The van der Waals surface area contributed by atoms with Crippen molar-refractivity contribution in [2.45, 2.75) is 12.5 Å². The Bertz CT molecular complexity index is 638. The molecule has 2 aromatic rings. The van der Waals surface area contributed by atoms with Gasteiger partial charge in [-0.05, 0) is 29.8 Å². The summed E-state index contributed by atoms with van der Waals surface area (Å²) in [6, 6.07) is 14.6. The third-order valence-corrected chi connectivity index (χ3v) is 3.25. The highest BCUT2D eigenvalue weighted by molar-refractivity contribution is 9.10. The summed E-state index contributed by atoms with van der Waals surface area (Å²) in [6.07, 6.45) is -2.54. The lowest BCUT2D eigenvalue weighted by atomic mass is 10.0. The van der Waals surface area contributed by atoms with Crippen LogP contribution in [0.25, 0.3) is 0 Å². The molecule has 0 heterocycles. The summed E-state index contributed by atoms with van der Waals surface area (Å²) in [6.45, 7) is 0. The Hall–Kier alpha value is -1.93. The number of hydrogen-bond acceptors (Lipinski definition) is 2. The van der Waals surface area contributed by atoms with Gasteiger partial charge in [0.15, 0.2) is 0 Å². The molecule has 1 N–H and O–H groups in total. The van der Waals surface area contributed by atoms with E-state index >= 15 is 0 Å². The van der Waals surface area contributed by atoms with Crippen LogP contribution in [0.2, 0.25) is 0 Å². The zero-order valence-electron chi connectivity index (χ0n) is 10.4. The molecule has 2 aromatic carbocycles. The molecule has 0 amide bonds. The lowest BCUT2D eigenvalue weighted by molar-refractivity contribution is 0.151. The van der Waals surface area contributed by atoms with E-state index in [1.807, 2.05) is 24.3 Å². The zero-order valence-corrected chi connectivity index (χ0v) is 11.9. The first-order chi connectivity index (χ1) is 9.60. The molecule has 0 aliphatic rings. The molecule has 1 atom stereocenters. The average Bonchev–Trinajstić information content (AvgIpc) is 2.45. The molecule has 0 bridgehead atoms. The number of benzene rings is 2. The van der Waals surface area contributed by atoms with E-state index in [4.69, 9.17) is 0 Å². The summed E-state index contributed by atoms with van der Waals surface area (Å²) in [7, 11) is 0. The van der Waals surface area contributed by atoms with E-state index in [0.29, 0.717) is 5.56 Å². The van der Waals surface area contributed by atoms with Crippen molar-refractivity contribution in [2.24, 2.45) is 0 Å². The highest BCUT2D eigenvalue weighted by Gasteiger charge is 2.14. The molecule has 0 saturated heterocycles. The van der Waals surface area contributed by atoms with Gasteiger partial charge in [-0.1, -0.05) is 40.2 Å². The molecule has 0 aliphatic heterocycles. The lowest BCUT2D eigenvalue weighted by Crippen LogP contribution is -2.08. The molecule has 0 aromatic heterocycles. The molecule has 0 aliphatic carbocycles. The van der Waals surface area contributed by atoms with E-state index in [2.05, 4.69) is 27.3 Å². The van der Waals surface area contributed by atoms with E-state index in [0.717, 1.165) is 10.2 Å². The molecular weight excluding hydrogens is 326 g/mol. The van der Waals surface area contributed by atoms with Gasteiger partial charge >= 0.3 is 0 Å². The SMILES string of the molecule is N#CC(Nc1cccc(Br)c1)c1cccc(C(F)F)c1. The van der Waals surface area contributed by atoms with Crippen LogP contribution in [0.1, 0.15) is 23.6 Å². The average molecular weight is 337 g/mol. The van der Waals surface area contributed by atoms with Crippen molar-refractivity contribution >= 4 is 21.6 Å². The molecule has 2 nitrogen and oxygen atoms in total. The monoisotopic (exact) mass is 336 g/mol. The van der Waals surface area contributed by atoms with Gasteiger partial charge in [-0.3, -0.25) is 0 Å². The van der Waals surface area contributed by atoms with Crippen LogP contribution in [0.4, 0.5) is 14.5 Å². The molecule has 1 unspecified atom stereocenters. The highest BCUT2D eigenvalue weighted by Crippen LogP contribution is 2.25. The van der Waals surface area contributed by atoms with Crippen molar-refractivity contribution in [1.82, 2.24) is 0 Å². The minimum absolute atomic E-state index is 0.0845. The van der Waals surface area contributed by atoms with Crippen molar-refractivity contribution in [3.63, 3.8) is 0 Å². The maximum Gasteiger partial charge on any atom is 0.263 e. The van der Waals surface area contributed by atoms with Crippen molar-refractivity contribution < 1.29 is 8.78 Å². The summed E-state index contributed by atoms with van der Waals surface area (Å²) in [5.41, 5.74) is 1.18. The van der Waals surface area contributed by atoms with Gasteiger partial charge in [-0.15, -0.1) is 0 Å². The number of hydrogen-bond donors (Lipinski definition) is 1. The van der Waals surface area contributed by atoms with Gasteiger partial charge in [0.2, 0.25) is 0 Å². The minimum atomic E-state index is -2.54. The number of rotatable bonds is 4. The van der Waals surface area contributed by atoms with Gasteiger partial charge in [-0.2, -0.15) is 5.26 Å². The number of nitrogens with one attached hydrogen (secondary N) is 1. The number of nitriles is 1. The molecule has 102 valence electrons. The van der Waals surface area contributed by atoms with Crippen molar-refractivity contribution in [3.05, 3.63) is 64.1 Å². The van der Waals surface area contributed by atoms with Gasteiger partial charge in [0.1, 0.15) is 6.04 Å². The molecule has 20 heavy (non-hydrogen) atoms. The molecule has 2 rings (SSSR count). The molecule has 0 radical (unpaired) electrons. The lowest BCUT2D eigenvalue weighted by Gasteiger charge is -2.14. The summed E-state index contributed by atoms with van der Waals surface area (Å²) in [5.74, 6) is 0. The van der Waals surface area contributed by atoms with Crippen molar-refractivity contribution in [2.75, 3.05) is 5.32 Å². The summed E-state index contributed by atoms with van der Waals surface area (Å²) in [5, 5.41) is 12.2. The Morgan fingerprint density at radius 2 is 1.75 bits per heavy atom. The van der Waals surface area contributed by atoms with E-state index in [1.54, 1.807) is 6.07 Å². The zero-order chi connectivity index (χ0) is 14.5. The first-order valence-corrected chi connectivity index (χ1v) is 6.69. The molecule has 0 spiro atoms. The van der Waals surface area contributed by atoms with E-state index in [1.165, 1.54) is 18.2 Å². The maximum atomic E-state index is 12.7. The summed E-state index contributed by atoms with van der Waals surface area (Å²) in [4.78, 5) is 0. The molecule has 0 saturated carbocycles. The van der Waals surface area contributed by atoms with Gasteiger partial charge in [0, 0.05) is 15.7 Å². The van der Waals surface area contributed by atoms with Crippen LogP contribution in [0, 0.1) is 11.3 Å². The quantitative estimate of drug-likeness (QED) is 0.846. The number of alkyl halides is 2. The van der Waals surface area contributed by atoms with E-state index in [9.17, 15) is 14.0 Å². The fraction of sp³-hybridized carbons (Fsp3) is 0.133. The van der Waals surface area contributed by atoms with Crippen LogP contribution in [0.5, 0.6) is 0 Å². The van der Waals surface area contributed by atoms with Crippen LogP contribution in [0.15, 0.2) is 53.0 Å². The Balaban J connectivity index is 2.25. The van der Waals surface area contributed by atoms with Gasteiger partial charge in [0.05, 0.1) is 6.07 Å². The Morgan fingerprint density at radius 1 is 1.05 bits per heavy atom. The fourth-order valence-electron chi connectivity index (χ4n) is 1.81. The smallest absolute Gasteiger partial charge is 0.263 e. The van der Waals surface area contributed by atoms with Crippen LogP contribution in [0.3, 0.4) is 0 Å². The second-order valence-corrected chi connectivity index (χ2v) is 5.10. The Labute approximate surface area is 124 Å². The van der Waals surface area contributed by atoms with E-state index < -0.39 is 12.5 Å². The number of halogens is 3. The first-order valence-electron chi connectivity index (χ1n) is 5.90. The second-order valence-electron chi connectivity index (χ2n) is 4.19. The van der Waals surface area contributed by atoms with Crippen LogP contribution >= 0.6 is 15.9 Å². The third kappa shape index (κ3) is 3.55. The van der Waals surface area contributed by atoms with Crippen LogP contribution in [-0.2, 0) is 0 Å². The van der Waals surface area contributed by atoms with Crippen LogP contribution in [-0.4, -0.2) is 0 Å². The highest BCUT2D eigenvalue weighted by atomic mass is 79.9. The normalized spacial score (nSPS) is 11.9. The Kier molecular flexibility index (Phi) is 4.70. The summed E-state index contributed by atoms with van der Waals surface area (Å²) < 4.78 is 26.2. The fourth-order valence-corrected chi connectivity index (χ4v) is 2.21. The van der Waals surface area contributed by atoms with Crippen LogP contribution < -0.4 is 5.32 Å². The topological polar surface area (TPSA) is 35.8 Å². The third-order valence-electron chi connectivity index (χ3n) is 2.76. The van der Waals surface area contributed by atoms with Gasteiger partial charge in [-0.25, -0.2) is 8.78 Å². The number of nitrogens with zero attached hydrogens (tertiary/aromatic N) is 1. The van der Waals surface area contributed by atoms with Crippen molar-refractivity contribution in [3.8, 4) is 6.07 Å². The molecule has 5 heteroatoms. The number of anilines is 1. The largest absolute Gasteiger partial charge is 0.366 e. The minimum Gasteiger partial charge on any atom is -0.366 e.